The first-order chi connectivity index (χ1) is 15.0. The zero-order valence-corrected chi connectivity index (χ0v) is 18.2. The van der Waals surface area contributed by atoms with Gasteiger partial charge in [-0.25, -0.2) is 14.1 Å². The van der Waals surface area contributed by atoms with Crippen LogP contribution in [0.1, 0.15) is 5.69 Å². The zero-order chi connectivity index (χ0) is 22.0. The number of nitrogens with one attached hydrogen (secondary N) is 1. The third-order valence-electron chi connectivity index (χ3n) is 4.36. The molecule has 3 aromatic heterocycles. The Balaban J connectivity index is 1.53. The van der Waals surface area contributed by atoms with Crippen LogP contribution in [-0.4, -0.2) is 31.0 Å². The second-order valence-electron chi connectivity index (χ2n) is 6.63. The van der Waals surface area contributed by atoms with Gasteiger partial charge in [0, 0.05) is 12.6 Å². The van der Waals surface area contributed by atoms with Crippen molar-refractivity contribution >= 4 is 45.0 Å². The SMILES string of the molecule is C=CCn1c(SCC(=O)Nc2cc(C)nn2-c2ccc(F)cc2)nc2sccc2c1=O. The normalized spacial score (nSPS) is 11.0. The van der Waals surface area contributed by atoms with E-state index in [9.17, 15) is 14.0 Å². The molecule has 158 valence electrons. The van der Waals surface area contributed by atoms with E-state index in [1.165, 1.54) is 39.8 Å². The Labute approximate surface area is 185 Å². The summed E-state index contributed by atoms with van der Waals surface area (Å²) in [5.41, 5.74) is 1.18. The van der Waals surface area contributed by atoms with Crippen molar-refractivity contribution in [1.29, 1.82) is 0 Å². The minimum atomic E-state index is -0.351. The van der Waals surface area contributed by atoms with Crippen molar-refractivity contribution in [2.45, 2.75) is 18.6 Å². The smallest absolute Gasteiger partial charge is 0.263 e. The number of amides is 1. The molecular weight excluding hydrogens is 437 g/mol. The number of rotatable bonds is 7. The summed E-state index contributed by atoms with van der Waals surface area (Å²) in [7, 11) is 0. The molecule has 31 heavy (non-hydrogen) atoms. The van der Waals surface area contributed by atoms with E-state index in [0.29, 0.717) is 39.1 Å². The van der Waals surface area contributed by atoms with E-state index >= 15 is 0 Å². The topological polar surface area (TPSA) is 81.8 Å². The van der Waals surface area contributed by atoms with Crippen molar-refractivity contribution in [3.8, 4) is 5.69 Å². The van der Waals surface area contributed by atoms with Crippen LogP contribution >= 0.6 is 23.1 Å². The van der Waals surface area contributed by atoms with Crippen molar-refractivity contribution < 1.29 is 9.18 Å². The summed E-state index contributed by atoms with van der Waals surface area (Å²) in [5.74, 6) is -0.108. The molecule has 0 saturated heterocycles. The molecule has 0 atom stereocenters. The number of allylic oxidation sites excluding steroid dienone is 1. The van der Waals surface area contributed by atoms with Gasteiger partial charge in [-0.1, -0.05) is 17.8 Å². The largest absolute Gasteiger partial charge is 0.310 e. The summed E-state index contributed by atoms with van der Waals surface area (Å²) in [6, 6.07) is 9.31. The van der Waals surface area contributed by atoms with Gasteiger partial charge in [-0.05, 0) is 42.6 Å². The molecule has 4 rings (SSSR count). The average Bonchev–Trinajstić information content (AvgIpc) is 3.36. The fourth-order valence-corrected chi connectivity index (χ4v) is 4.62. The third-order valence-corrected chi connectivity index (χ3v) is 6.15. The lowest BCUT2D eigenvalue weighted by Gasteiger charge is -2.11. The summed E-state index contributed by atoms with van der Waals surface area (Å²) in [4.78, 5) is 30.5. The number of carbonyl (C=O) groups is 1. The van der Waals surface area contributed by atoms with Gasteiger partial charge in [0.2, 0.25) is 5.91 Å². The van der Waals surface area contributed by atoms with Crippen molar-refractivity contribution in [3.63, 3.8) is 0 Å². The highest BCUT2D eigenvalue weighted by molar-refractivity contribution is 7.99. The molecule has 0 unspecified atom stereocenters. The molecule has 0 aliphatic heterocycles. The van der Waals surface area contributed by atoms with Crippen LogP contribution in [0.25, 0.3) is 15.9 Å². The van der Waals surface area contributed by atoms with Crippen LogP contribution in [0, 0.1) is 12.7 Å². The summed E-state index contributed by atoms with van der Waals surface area (Å²) < 4.78 is 16.3. The quantitative estimate of drug-likeness (QED) is 0.259. The maximum atomic E-state index is 13.2. The maximum absolute atomic E-state index is 13.2. The Morgan fingerprint density at radius 1 is 1.32 bits per heavy atom. The Hall–Kier alpha value is -3.24. The number of benzene rings is 1. The molecule has 10 heteroatoms. The molecular formula is C21H18FN5O2S2. The molecule has 0 saturated carbocycles. The standard InChI is InChI=1S/C21H18FN5O2S2/c1-3-9-26-20(29)16-8-10-30-19(16)24-21(26)31-12-18(28)23-17-11-13(2)25-27(17)15-6-4-14(22)5-7-15/h3-8,10-11H,1,9,12H2,2H3,(H,23,28). The average molecular weight is 456 g/mol. The number of nitrogens with zero attached hydrogens (tertiary/aromatic N) is 4. The predicted molar refractivity (Wildman–Crippen MR) is 122 cm³/mol. The van der Waals surface area contributed by atoms with Crippen molar-refractivity contribution in [2.24, 2.45) is 0 Å². The Morgan fingerprint density at radius 3 is 2.84 bits per heavy atom. The van der Waals surface area contributed by atoms with Gasteiger partial charge in [0.05, 0.1) is 22.5 Å². The molecule has 1 amide bonds. The van der Waals surface area contributed by atoms with Crippen molar-refractivity contribution in [2.75, 3.05) is 11.1 Å². The summed E-state index contributed by atoms with van der Waals surface area (Å²) in [5, 5.41) is 10.0. The van der Waals surface area contributed by atoms with E-state index in [4.69, 9.17) is 0 Å². The number of anilines is 1. The van der Waals surface area contributed by atoms with Crippen molar-refractivity contribution in [3.05, 3.63) is 76.3 Å². The molecule has 1 N–H and O–H groups in total. The van der Waals surface area contributed by atoms with Crippen LogP contribution in [0.15, 0.2) is 64.4 Å². The van der Waals surface area contributed by atoms with Crippen LogP contribution in [0.4, 0.5) is 10.2 Å². The number of thiophene rings is 1. The van der Waals surface area contributed by atoms with E-state index in [0.717, 1.165) is 0 Å². The summed E-state index contributed by atoms with van der Waals surface area (Å²) >= 11 is 2.56. The Bertz CT molecular complexity index is 1320. The molecule has 1 aromatic carbocycles. The lowest BCUT2D eigenvalue weighted by molar-refractivity contribution is -0.113. The molecule has 0 radical (unpaired) electrons. The van der Waals surface area contributed by atoms with Gasteiger partial charge in [0.15, 0.2) is 5.16 Å². The van der Waals surface area contributed by atoms with Gasteiger partial charge in [0.25, 0.3) is 5.56 Å². The highest BCUT2D eigenvalue weighted by Crippen LogP contribution is 2.22. The first kappa shape index (κ1) is 21.0. The van der Waals surface area contributed by atoms with E-state index in [1.54, 1.807) is 41.9 Å². The lowest BCUT2D eigenvalue weighted by Crippen LogP contribution is -2.23. The second-order valence-corrected chi connectivity index (χ2v) is 8.47. The number of halogens is 1. The first-order valence-corrected chi connectivity index (χ1v) is 11.2. The molecule has 0 spiro atoms. The van der Waals surface area contributed by atoms with E-state index in [-0.39, 0.29) is 23.0 Å². The fourth-order valence-electron chi connectivity index (χ4n) is 3.01. The monoisotopic (exact) mass is 455 g/mol. The van der Waals surface area contributed by atoms with Crippen LogP contribution in [-0.2, 0) is 11.3 Å². The van der Waals surface area contributed by atoms with Gasteiger partial charge >= 0.3 is 0 Å². The summed E-state index contributed by atoms with van der Waals surface area (Å²) in [6.45, 7) is 5.80. The lowest BCUT2D eigenvalue weighted by atomic mass is 10.3. The van der Waals surface area contributed by atoms with Crippen LogP contribution in [0.2, 0.25) is 0 Å². The fraction of sp³-hybridized carbons (Fsp3) is 0.143. The summed E-state index contributed by atoms with van der Waals surface area (Å²) in [6.07, 6.45) is 1.62. The number of aryl methyl sites for hydroxylation is 1. The molecule has 0 bridgehead atoms. The second kappa shape index (κ2) is 8.86. The van der Waals surface area contributed by atoms with E-state index in [1.807, 2.05) is 5.38 Å². The molecule has 0 fully saturated rings. The minimum absolute atomic E-state index is 0.0497. The third kappa shape index (κ3) is 4.44. The molecule has 4 aromatic rings. The van der Waals surface area contributed by atoms with Gasteiger partial charge < -0.3 is 5.32 Å². The number of hydrogen-bond donors (Lipinski definition) is 1. The molecule has 0 aliphatic carbocycles. The maximum Gasteiger partial charge on any atom is 0.263 e. The van der Waals surface area contributed by atoms with E-state index in [2.05, 4.69) is 22.0 Å². The molecule has 3 heterocycles. The Kier molecular flexibility index (Phi) is 6.01. The van der Waals surface area contributed by atoms with Crippen molar-refractivity contribution in [1.82, 2.24) is 19.3 Å². The van der Waals surface area contributed by atoms with Gasteiger partial charge in [-0.3, -0.25) is 14.2 Å². The van der Waals surface area contributed by atoms with Gasteiger partial charge in [-0.2, -0.15) is 5.10 Å². The zero-order valence-electron chi connectivity index (χ0n) is 16.5. The molecule has 0 aliphatic rings. The number of fused-ring (bicyclic) bond motifs is 1. The van der Waals surface area contributed by atoms with Gasteiger partial charge in [-0.15, -0.1) is 17.9 Å². The number of aromatic nitrogens is 4. The highest BCUT2D eigenvalue weighted by atomic mass is 32.2. The number of thioether (sulfide) groups is 1. The van der Waals surface area contributed by atoms with Gasteiger partial charge in [0.1, 0.15) is 16.5 Å². The Morgan fingerprint density at radius 2 is 2.10 bits per heavy atom. The first-order valence-electron chi connectivity index (χ1n) is 9.30. The van der Waals surface area contributed by atoms with E-state index < -0.39 is 0 Å². The van der Waals surface area contributed by atoms with Crippen LogP contribution in [0.5, 0.6) is 0 Å². The minimum Gasteiger partial charge on any atom is -0.310 e. The highest BCUT2D eigenvalue weighted by Gasteiger charge is 2.15. The number of carbonyl (C=O) groups excluding carboxylic acids is 1. The molecule has 7 nitrogen and oxygen atoms in total. The van der Waals surface area contributed by atoms with Crippen LogP contribution < -0.4 is 10.9 Å². The number of hydrogen-bond acceptors (Lipinski definition) is 6. The predicted octanol–water partition coefficient (Wildman–Crippen LogP) is 4.01. The van der Waals surface area contributed by atoms with Crippen LogP contribution in [0.3, 0.4) is 0 Å².